The van der Waals surface area contributed by atoms with E-state index in [1.165, 1.54) is 18.6 Å². The van der Waals surface area contributed by atoms with Gasteiger partial charge in [0.2, 0.25) is 0 Å². The Labute approximate surface area is 236 Å². The van der Waals surface area contributed by atoms with Gasteiger partial charge < -0.3 is 14.4 Å². The van der Waals surface area contributed by atoms with Gasteiger partial charge in [-0.25, -0.2) is 18.4 Å². The van der Waals surface area contributed by atoms with Crippen LogP contribution in [0.2, 0.25) is 5.02 Å². The summed E-state index contributed by atoms with van der Waals surface area (Å²) in [6.07, 6.45) is 2.75. The summed E-state index contributed by atoms with van der Waals surface area (Å²) in [5.41, 5.74) is 0.890. The highest BCUT2D eigenvalue weighted by atomic mass is 35.5. The van der Waals surface area contributed by atoms with Crippen LogP contribution in [-0.2, 0) is 15.4 Å². The second-order valence-electron chi connectivity index (χ2n) is 10.7. The van der Waals surface area contributed by atoms with Crippen LogP contribution in [0.25, 0.3) is 0 Å². The number of nitrogens with one attached hydrogen (secondary N) is 1. The average Bonchev–Trinajstić information content (AvgIpc) is 2.89. The van der Waals surface area contributed by atoms with Crippen LogP contribution in [0.5, 0.6) is 17.2 Å². The fourth-order valence-corrected chi connectivity index (χ4v) is 6.41. The number of anilines is 2. The van der Waals surface area contributed by atoms with Gasteiger partial charge in [0.05, 0.1) is 12.8 Å². The Morgan fingerprint density at radius 3 is 2.28 bits per heavy atom. The number of nitrogens with zero attached hydrogens (tertiary/aromatic N) is 4. The van der Waals surface area contributed by atoms with Gasteiger partial charge in [-0.3, -0.25) is 9.62 Å². The summed E-state index contributed by atoms with van der Waals surface area (Å²) in [4.78, 5) is 12.3. The molecule has 210 valence electrons. The van der Waals surface area contributed by atoms with Crippen molar-refractivity contribution in [2.45, 2.75) is 51.0 Å². The van der Waals surface area contributed by atoms with Gasteiger partial charge in [-0.15, -0.1) is 0 Å². The molecule has 0 radical (unpaired) electrons. The number of halogens is 1. The highest BCUT2D eigenvalue weighted by molar-refractivity contribution is 7.93. The van der Waals surface area contributed by atoms with Crippen molar-refractivity contribution in [2.24, 2.45) is 0 Å². The molecule has 1 fully saturated rings. The van der Waals surface area contributed by atoms with Gasteiger partial charge >= 0.3 is 0 Å². The number of benzene rings is 2. The van der Waals surface area contributed by atoms with Gasteiger partial charge in [0, 0.05) is 44.0 Å². The largest absolute Gasteiger partial charge is 0.493 e. The number of methoxy groups -OCH3 is 1. The number of sulfonamides is 1. The summed E-state index contributed by atoms with van der Waals surface area (Å²) >= 11 is 7.06. The third-order valence-corrected chi connectivity index (χ3v) is 8.62. The molecule has 4 rings (SSSR count). The maximum Gasteiger partial charge on any atom is 0.266 e. The second-order valence-corrected chi connectivity index (χ2v) is 12.7. The van der Waals surface area contributed by atoms with Gasteiger partial charge in [-0.05, 0) is 43.5 Å². The first-order valence-corrected chi connectivity index (χ1v) is 14.7. The SMILES string of the molecule is COc1ccccc1Oc1c(C(C)(C)C)cc(N2CCN(C(C)C)CC2)c(S(=O)(=O)Nc2ccncn2)c1Cl. The Kier molecular flexibility index (Phi) is 8.58. The van der Waals surface area contributed by atoms with Crippen molar-refractivity contribution in [1.82, 2.24) is 14.9 Å². The van der Waals surface area contributed by atoms with Crippen molar-refractivity contribution < 1.29 is 17.9 Å². The normalized spacial score (nSPS) is 14.9. The molecule has 0 bridgehead atoms. The zero-order chi connectivity index (χ0) is 28.4. The minimum Gasteiger partial charge on any atom is -0.493 e. The molecule has 0 unspecified atom stereocenters. The number of para-hydroxylation sites is 2. The molecule has 0 saturated carbocycles. The van der Waals surface area contributed by atoms with E-state index in [0.29, 0.717) is 36.3 Å². The molecule has 2 aromatic carbocycles. The molecule has 39 heavy (non-hydrogen) atoms. The van der Waals surface area contributed by atoms with Crippen LogP contribution in [0.4, 0.5) is 11.5 Å². The van der Waals surface area contributed by atoms with Crippen LogP contribution in [0.1, 0.15) is 40.2 Å². The Hall–Kier alpha value is -3.08. The predicted molar refractivity (Wildman–Crippen MR) is 155 cm³/mol. The van der Waals surface area contributed by atoms with E-state index in [0.717, 1.165) is 18.7 Å². The molecule has 2 heterocycles. The Bertz CT molecular complexity index is 1400. The first-order chi connectivity index (χ1) is 18.4. The van der Waals surface area contributed by atoms with Crippen LogP contribution in [-0.4, -0.2) is 62.6 Å². The van der Waals surface area contributed by atoms with E-state index in [1.54, 1.807) is 19.2 Å². The van der Waals surface area contributed by atoms with E-state index < -0.39 is 15.4 Å². The Morgan fingerprint density at radius 1 is 1.05 bits per heavy atom. The van der Waals surface area contributed by atoms with Gasteiger partial charge in [0.15, 0.2) is 17.2 Å². The van der Waals surface area contributed by atoms with Crippen LogP contribution < -0.4 is 19.1 Å². The lowest BCUT2D eigenvalue weighted by Crippen LogP contribution is -2.49. The maximum absolute atomic E-state index is 14.0. The molecule has 1 aliphatic heterocycles. The summed E-state index contributed by atoms with van der Waals surface area (Å²) in [5, 5.41) is -0.00354. The molecule has 0 amide bonds. The van der Waals surface area contributed by atoms with E-state index in [-0.39, 0.29) is 21.5 Å². The summed E-state index contributed by atoms with van der Waals surface area (Å²) in [6, 6.07) is 11.0. The Morgan fingerprint density at radius 2 is 1.72 bits per heavy atom. The monoisotopic (exact) mass is 573 g/mol. The molecule has 11 heteroatoms. The number of piperazine rings is 1. The van der Waals surface area contributed by atoms with Gasteiger partial charge in [0.1, 0.15) is 22.1 Å². The minimum atomic E-state index is -4.19. The lowest BCUT2D eigenvalue weighted by atomic mass is 9.85. The van der Waals surface area contributed by atoms with Gasteiger partial charge in [0.25, 0.3) is 10.0 Å². The third-order valence-electron chi connectivity index (χ3n) is 6.72. The topological polar surface area (TPSA) is 96.9 Å². The summed E-state index contributed by atoms with van der Waals surface area (Å²) in [6.45, 7) is 13.4. The van der Waals surface area contributed by atoms with E-state index >= 15 is 0 Å². The molecule has 0 spiro atoms. The van der Waals surface area contributed by atoms with Crippen molar-refractivity contribution in [3.63, 3.8) is 0 Å². The van der Waals surface area contributed by atoms with E-state index in [4.69, 9.17) is 21.1 Å². The van der Waals surface area contributed by atoms with Crippen molar-refractivity contribution in [1.29, 1.82) is 0 Å². The van der Waals surface area contributed by atoms with E-state index in [2.05, 4.69) is 38.3 Å². The molecule has 0 aliphatic carbocycles. The molecule has 1 aromatic heterocycles. The van der Waals surface area contributed by atoms with Crippen molar-refractivity contribution in [2.75, 3.05) is 42.9 Å². The average molecular weight is 574 g/mol. The third kappa shape index (κ3) is 6.40. The molecule has 9 nitrogen and oxygen atoms in total. The first kappa shape index (κ1) is 28.9. The lowest BCUT2D eigenvalue weighted by Gasteiger charge is -2.39. The highest BCUT2D eigenvalue weighted by Gasteiger charge is 2.35. The van der Waals surface area contributed by atoms with E-state index in [9.17, 15) is 8.42 Å². The molecule has 0 atom stereocenters. The van der Waals surface area contributed by atoms with Crippen molar-refractivity contribution in [3.05, 3.63) is 59.5 Å². The lowest BCUT2D eigenvalue weighted by molar-refractivity contribution is 0.209. The molecule has 1 N–H and O–H groups in total. The molecule has 3 aromatic rings. The van der Waals surface area contributed by atoms with Crippen molar-refractivity contribution >= 4 is 33.1 Å². The summed E-state index contributed by atoms with van der Waals surface area (Å²) in [7, 11) is -2.63. The number of hydrogen-bond acceptors (Lipinski definition) is 8. The smallest absolute Gasteiger partial charge is 0.266 e. The highest BCUT2D eigenvalue weighted by Crippen LogP contribution is 2.48. The number of aromatic nitrogens is 2. The molecule has 1 saturated heterocycles. The maximum atomic E-state index is 14.0. The summed E-state index contributed by atoms with van der Waals surface area (Å²) < 4.78 is 42.4. The first-order valence-electron chi connectivity index (χ1n) is 12.9. The predicted octanol–water partition coefficient (Wildman–Crippen LogP) is 5.56. The van der Waals surface area contributed by atoms with Crippen LogP contribution in [0.3, 0.4) is 0 Å². The van der Waals surface area contributed by atoms with Crippen LogP contribution in [0, 0.1) is 0 Å². The number of ether oxygens (including phenoxy) is 2. The Balaban J connectivity index is 1.92. The zero-order valence-corrected chi connectivity index (χ0v) is 24.8. The van der Waals surface area contributed by atoms with Gasteiger partial charge in [-0.2, -0.15) is 0 Å². The zero-order valence-electron chi connectivity index (χ0n) is 23.2. The fourth-order valence-electron chi connectivity index (χ4n) is 4.58. The van der Waals surface area contributed by atoms with Crippen molar-refractivity contribution in [3.8, 4) is 17.2 Å². The number of rotatable bonds is 8. The minimum absolute atomic E-state index is 0.00354. The van der Waals surface area contributed by atoms with E-state index in [1.807, 2.05) is 39.0 Å². The van der Waals surface area contributed by atoms with Gasteiger partial charge in [-0.1, -0.05) is 44.5 Å². The molecular weight excluding hydrogens is 538 g/mol. The fraction of sp³-hybridized carbons (Fsp3) is 0.429. The van der Waals surface area contributed by atoms with Crippen LogP contribution in [0.15, 0.2) is 53.8 Å². The quantitative estimate of drug-likeness (QED) is 0.374. The molecular formula is C28H36ClN5O4S. The second kappa shape index (κ2) is 11.6. The summed E-state index contributed by atoms with van der Waals surface area (Å²) in [5.74, 6) is 1.34. The standard InChI is InChI=1S/C28H36ClN5O4S/c1-19(2)33-13-15-34(16-14-33)21-17-20(28(3,4)5)26(38-23-10-8-7-9-22(23)37-6)25(29)27(21)39(35,36)32-24-11-12-30-18-31-24/h7-12,17-19H,13-16H2,1-6H3,(H,30,31,32). The van der Waals surface area contributed by atoms with Crippen LogP contribution >= 0.6 is 11.6 Å². The molecule has 1 aliphatic rings. The number of hydrogen-bond donors (Lipinski definition) is 1.